The first kappa shape index (κ1) is 10.7. The number of thiophene rings is 1. The molecule has 1 aromatic heterocycles. The van der Waals surface area contributed by atoms with Crippen LogP contribution in [0.15, 0.2) is 11.4 Å². The number of halogens is 1. The summed E-state index contributed by atoms with van der Waals surface area (Å²) in [6.07, 6.45) is 1.97. The summed E-state index contributed by atoms with van der Waals surface area (Å²) in [7, 11) is 1.41. The van der Waals surface area contributed by atoms with E-state index in [1.807, 2.05) is 11.4 Å². The molecule has 0 saturated heterocycles. The summed E-state index contributed by atoms with van der Waals surface area (Å²) in [5, 5.41) is 2.89. The van der Waals surface area contributed by atoms with E-state index in [9.17, 15) is 4.79 Å². The van der Waals surface area contributed by atoms with Crippen LogP contribution in [0.4, 0.5) is 0 Å². The molecule has 4 heteroatoms. The summed E-state index contributed by atoms with van der Waals surface area (Å²) in [5.41, 5.74) is 1.09. The van der Waals surface area contributed by atoms with Crippen molar-refractivity contribution in [3.05, 3.63) is 21.9 Å². The molecule has 0 spiro atoms. The lowest BCUT2D eigenvalue weighted by Gasteiger charge is -1.99. The molecule has 0 atom stereocenters. The minimum atomic E-state index is -0.223. The Bertz CT molecular complexity index is 283. The van der Waals surface area contributed by atoms with Crippen LogP contribution < -0.4 is 0 Å². The summed E-state index contributed by atoms with van der Waals surface area (Å²) in [4.78, 5) is 12.0. The van der Waals surface area contributed by atoms with Gasteiger partial charge in [-0.05, 0) is 29.9 Å². The number of alkyl halides is 1. The van der Waals surface area contributed by atoms with Crippen molar-refractivity contribution in [2.75, 3.05) is 12.4 Å². The molecule has 2 nitrogen and oxygen atoms in total. The fourth-order valence-electron chi connectivity index (χ4n) is 1.06. The predicted molar refractivity (Wildman–Crippen MR) is 57.8 cm³/mol. The molecular formula is C9H11BrO2S. The topological polar surface area (TPSA) is 26.3 Å². The molecule has 0 aliphatic rings. The molecule has 1 heterocycles. The van der Waals surface area contributed by atoms with Crippen LogP contribution >= 0.6 is 27.3 Å². The van der Waals surface area contributed by atoms with Gasteiger partial charge in [0, 0.05) is 5.33 Å². The summed E-state index contributed by atoms with van der Waals surface area (Å²) in [6.45, 7) is 0. The van der Waals surface area contributed by atoms with Crippen LogP contribution in [0.3, 0.4) is 0 Å². The Morgan fingerprint density at radius 2 is 2.46 bits per heavy atom. The van der Waals surface area contributed by atoms with Gasteiger partial charge in [-0.15, -0.1) is 11.3 Å². The molecule has 72 valence electrons. The maximum Gasteiger partial charge on any atom is 0.348 e. The van der Waals surface area contributed by atoms with Crippen LogP contribution in [-0.2, 0) is 11.2 Å². The minimum absolute atomic E-state index is 0.223. The predicted octanol–water partition coefficient (Wildman–Crippen LogP) is 2.86. The average Bonchev–Trinajstić information content (AvgIpc) is 2.61. The second-order valence-corrected chi connectivity index (χ2v) is 4.27. The first-order chi connectivity index (χ1) is 6.29. The largest absolute Gasteiger partial charge is 0.465 e. The molecule has 1 rings (SSSR count). The molecule has 0 aromatic carbocycles. The van der Waals surface area contributed by atoms with E-state index in [4.69, 9.17) is 0 Å². The first-order valence-corrected chi connectivity index (χ1v) is 6.00. The van der Waals surface area contributed by atoms with Crippen LogP contribution in [0.25, 0.3) is 0 Å². The number of hydrogen-bond donors (Lipinski definition) is 0. The van der Waals surface area contributed by atoms with E-state index in [1.54, 1.807) is 0 Å². The molecule has 0 bridgehead atoms. The van der Waals surface area contributed by atoms with Crippen LogP contribution in [0, 0.1) is 0 Å². The van der Waals surface area contributed by atoms with Crippen molar-refractivity contribution < 1.29 is 9.53 Å². The molecule has 0 amide bonds. The number of aryl methyl sites for hydroxylation is 1. The average molecular weight is 263 g/mol. The summed E-state index contributed by atoms with van der Waals surface area (Å²) < 4.78 is 4.67. The minimum Gasteiger partial charge on any atom is -0.465 e. The SMILES string of the molecule is COC(=O)c1sccc1CCCBr. The van der Waals surface area contributed by atoms with Gasteiger partial charge in [-0.2, -0.15) is 0 Å². The smallest absolute Gasteiger partial charge is 0.348 e. The third kappa shape index (κ3) is 2.81. The van der Waals surface area contributed by atoms with Gasteiger partial charge in [-0.25, -0.2) is 4.79 Å². The number of ether oxygens (including phenoxy) is 1. The van der Waals surface area contributed by atoms with Crippen molar-refractivity contribution in [3.8, 4) is 0 Å². The molecule has 0 N–H and O–H groups in total. The van der Waals surface area contributed by atoms with Gasteiger partial charge < -0.3 is 4.74 Å². The Morgan fingerprint density at radius 3 is 3.08 bits per heavy atom. The van der Waals surface area contributed by atoms with Crippen molar-refractivity contribution in [1.82, 2.24) is 0 Å². The monoisotopic (exact) mass is 262 g/mol. The maximum absolute atomic E-state index is 11.2. The molecule has 13 heavy (non-hydrogen) atoms. The highest BCUT2D eigenvalue weighted by Crippen LogP contribution is 2.19. The van der Waals surface area contributed by atoms with Crippen molar-refractivity contribution >= 4 is 33.2 Å². The fraction of sp³-hybridized carbons (Fsp3) is 0.444. The van der Waals surface area contributed by atoms with Gasteiger partial charge in [0.15, 0.2) is 0 Å². The molecule has 1 aromatic rings. The number of esters is 1. The van der Waals surface area contributed by atoms with Gasteiger partial charge in [0.05, 0.1) is 7.11 Å². The second kappa shape index (κ2) is 5.40. The Hall–Kier alpha value is -0.350. The maximum atomic E-state index is 11.2. The number of hydrogen-bond acceptors (Lipinski definition) is 3. The highest BCUT2D eigenvalue weighted by atomic mass is 79.9. The van der Waals surface area contributed by atoms with Crippen molar-refractivity contribution in [1.29, 1.82) is 0 Å². The van der Waals surface area contributed by atoms with Crippen LogP contribution in [0.5, 0.6) is 0 Å². The molecule has 0 fully saturated rings. The highest BCUT2D eigenvalue weighted by Gasteiger charge is 2.12. The molecule has 0 aliphatic carbocycles. The van der Waals surface area contributed by atoms with Crippen LogP contribution in [-0.4, -0.2) is 18.4 Å². The van der Waals surface area contributed by atoms with Gasteiger partial charge >= 0.3 is 5.97 Å². The number of carbonyl (C=O) groups is 1. The molecule has 0 radical (unpaired) electrons. The van der Waals surface area contributed by atoms with Crippen molar-refractivity contribution in [2.24, 2.45) is 0 Å². The standard InChI is InChI=1S/C9H11BrO2S/c1-12-9(11)8-7(3-2-5-10)4-6-13-8/h4,6H,2-3,5H2,1H3. The van der Waals surface area contributed by atoms with Crippen molar-refractivity contribution in [2.45, 2.75) is 12.8 Å². The first-order valence-electron chi connectivity index (χ1n) is 4.00. The van der Waals surface area contributed by atoms with E-state index in [1.165, 1.54) is 18.4 Å². The Labute approximate surface area is 90.0 Å². The molecule has 0 unspecified atom stereocenters. The molecule has 0 aliphatic heterocycles. The zero-order chi connectivity index (χ0) is 9.68. The number of methoxy groups -OCH3 is 1. The zero-order valence-electron chi connectivity index (χ0n) is 7.38. The Kier molecular flexibility index (Phi) is 4.45. The van der Waals surface area contributed by atoms with Gasteiger partial charge in [-0.1, -0.05) is 15.9 Å². The van der Waals surface area contributed by atoms with Crippen molar-refractivity contribution in [3.63, 3.8) is 0 Å². The highest BCUT2D eigenvalue weighted by molar-refractivity contribution is 9.09. The van der Waals surface area contributed by atoms with E-state index in [2.05, 4.69) is 20.7 Å². The third-order valence-electron chi connectivity index (χ3n) is 1.70. The van der Waals surface area contributed by atoms with E-state index in [-0.39, 0.29) is 5.97 Å². The molecular weight excluding hydrogens is 252 g/mol. The summed E-state index contributed by atoms with van der Waals surface area (Å²) in [5.74, 6) is -0.223. The van der Waals surface area contributed by atoms with E-state index in [0.717, 1.165) is 28.6 Å². The third-order valence-corrected chi connectivity index (χ3v) is 3.19. The quantitative estimate of drug-likeness (QED) is 0.616. The van der Waals surface area contributed by atoms with Gasteiger partial charge in [0.1, 0.15) is 4.88 Å². The Morgan fingerprint density at radius 1 is 1.69 bits per heavy atom. The summed E-state index contributed by atoms with van der Waals surface area (Å²) in [6, 6.07) is 1.99. The molecule has 0 saturated carbocycles. The van der Waals surface area contributed by atoms with Crippen LogP contribution in [0.2, 0.25) is 0 Å². The Balaban J connectivity index is 2.71. The second-order valence-electron chi connectivity index (χ2n) is 2.56. The summed E-state index contributed by atoms with van der Waals surface area (Å²) >= 11 is 4.80. The van der Waals surface area contributed by atoms with Gasteiger partial charge in [0.25, 0.3) is 0 Å². The zero-order valence-corrected chi connectivity index (χ0v) is 9.78. The number of rotatable bonds is 4. The normalized spacial score (nSPS) is 10.0. The van der Waals surface area contributed by atoms with E-state index in [0.29, 0.717) is 0 Å². The lowest BCUT2D eigenvalue weighted by atomic mass is 10.1. The van der Waals surface area contributed by atoms with E-state index < -0.39 is 0 Å². The number of carbonyl (C=O) groups excluding carboxylic acids is 1. The lowest BCUT2D eigenvalue weighted by molar-refractivity contribution is 0.0605. The van der Waals surface area contributed by atoms with Gasteiger partial charge in [-0.3, -0.25) is 0 Å². The fourth-order valence-corrected chi connectivity index (χ4v) is 2.21. The van der Waals surface area contributed by atoms with Crippen LogP contribution in [0.1, 0.15) is 21.7 Å². The lowest BCUT2D eigenvalue weighted by Crippen LogP contribution is -2.01. The van der Waals surface area contributed by atoms with Gasteiger partial charge in [0.2, 0.25) is 0 Å². The van der Waals surface area contributed by atoms with E-state index >= 15 is 0 Å².